The number of alkyl halides is 3. The van der Waals surface area contributed by atoms with Crippen LogP contribution in [0, 0.1) is 17.1 Å². The summed E-state index contributed by atoms with van der Waals surface area (Å²) in [5.41, 5.74) is 1.39. The van der Waals surface area contributed by atoms with Gasteiger partial charge in [-0.05, 0) is 43.2 Å². The van der Waals surface area contributed by atoms with Gasteiger partial charge in [0.25, 0.3) is 0 Å². The molecule has 0 spiro atoms. The van der Waals surface area contributed by atoms with E-state index in [1.807, 2.05) is 0 Å². The molecule has 5 rings (SSSR count). The molecule has 11 heteroatoms. The maximum Gasteiger partial charge on any atom is 0.573 e. The summed E-state index contributed by atoms with van der Waals surface area (Å²) < 4.78 is 73.9. The van der Waals surface area contributed by atoms with E-state index in [9.17, 15) is 27.6 Å². The Balaban J connectivity index is 1.37. The number of rotatable bonds is 7. The Morgan fingerprint density at radius 2 is 1.87 bits per heavy atom. The van der Waals surface area contributed by atoms with Crippen LogP contribution in [0.5, 0.6) is 28.7 Å². The number of hydrogen-bond acceptors (Lipinski definition) is 6. The summed E-state index contributed by atoms with van der Waals surface area (Å²) >= 11 is 0. The molecule has 1 N–H and O–H groups in total. The van der Waals surface area contributed by atoms with Crippen LogP contribution in [0.3, 0.4) is 0 Å². The van der Waals surface area contributed by atoms with E-state index in [1.165, 1.54) is 18.2 Å². The number of aliphatic carboxylic acids is 1. The Morgan fingerprint density at radius 3 is 2.61 bits per heavy atom. The van der Waals surface area contributed by atoms with Crippen molar-refractivity contribution >= 4 is 5.97 Å². The number of benzene rings is 3. The number of carbonyl (C=O) groups is 1. The van der Waals surface area contributed by atoms with Crippen molar-refractivity contribution in [1.82, 2.24) is 0 Å². The minimum Gasteiger partial charge on any atom is -0.492 e. The first kappa shape index (κ1) is 25.2. The number of nitrogens with zero attached hydrogens (tertiary/aromatic N) is 1. The molecule has 2 atom stereocenters. The molecule has 196 valence electrons. The summed E-state index contributed by atoms with van der Waals surface area (Å²) in [7, 11) is 0. The van der Waals surface area contributed by atoms with Crippen molar-refractivity contribution in [2.24, 2.45) is 0 Å². The van der Waals surface area contributed by atoms with Crippen LogP contribution in [-0.4, -0.2) is 24.0 Å². The second-order valence-electron chi connectivity index (χ2n) is 8.81. The molecule has 3 aromatic rings. The summed E-state index contributed by atoms with van der Waals surface area (Å²) in [5.74, 6) is -1.06. The Hall–Kier alpha value is -4.46. The van der Waals surface area contributed by atoms with Crippen molar-refractivity contribution in [1.29, 1.82) is 5.26 Å². The molecule has 7 nitrogen and oxygen atoms in total. The van der Waals surface area contributed by atoms with Crippen molar-refractivity contribution in [2.45, 2.75) is 37.6 Å². The van der Waals surface area contributed by atoms with Gasteiger partial charge in [-0.15, -0.1) is 13.2 Å². The van der Waals surface area contributed by atoms with Crippen LogP contribution < -0.4 is 18.9 Å². The van der Waals surface area contributed by atoms with E-state index < -0.39 is 30.0 Å². The molecule has 0 bridgehead atoms. The van der Waals surface area contributed by atoms with Crippen LogP contribution in [-0.2, 0) is 11.2 Å². The number of fused-ring (bicyclic) bond motifs is 2. The minimum absolute atomic E-state index is 0.00751. The van der Waals surface area contributed by atoms with E-state index in [-0.39, 0.29) is 41.6 Å². The molecule has 0 radical (unpaired) electrons. The predicted molar refractivity (Wildman–Crippen MR) is 123 cm³/mol. The van der Waals surface area contributed by atoms with Gasteiger partial charge in [0.15, 0.2) is 0 Å². The van der Waals surface area contributed by atoms with Crippen LogP contribution in [0.15, 0.2) is 48.5 Å². The smallest absolute Gasteiger partial charge is 0.492 e. The minimum atomic E-state index is -4.91. The van der Waals surface area contributed by atoms with Crippen molar-refractivity contribution in [2.75, 3.05) is 6.61 Å². The van der Waals surface area contributed by atoms with Crippen molar-refractivity contribution < 1.29 is 46.4 Å². The lowest BCUT2D eigenvalue weighted by molar-refractivity contribution is -0.274. The number of hydrogen-bond donors (Lipinski definition) is 1. The molecule has 2 unspecified atom stereocenters. The zero-order valence-electron chi connectivity index (χ0n) is 19.5. The Kier molecular flexibility index (Phi) is 6.48. The molecular formula is C27H19F4NO6. The Bertz CT molecular complexity index is 1450. The van der Waals surface area contributed by atoms with Gasteiger partial charge in [-0.2, -0.15) is 5.26 Å². The third-order valence-corrected chi connectivity index (χ3v) is 6.33. The van der Waals surface area contributed by atoms with Crippen LogP contribution in [0.1, 0.15) is 47.1 Å². The van der Waals surface area contributed by atoms with Gasteiger partial charge in [-0.3, -0.25) is 4.79 Å². The van der Waals surface area contributed by atoms with Crippen LogP contribution in [0.2, 0.25) is 0 Å². The molecule has 0 saturated carbocycles. The average molecular weight is 529 g/mol. The van der Waals surface area contributed by atoms with Gasteiger partial charge in [0, 0.05) is 34.7 Å². The monoisotopic (exact) mass is 529 g/mol. The third-order valence-electron chi connectivity index (χ3n) is 6.33. The van der Waals surface area contributed by atoms with E-state index in [1.54, 1.807) is 24.3 Å². The lowest BCUT2D eigenvalue weighted by atomic mass is 9.98. The summed E-state index contributed by atoms with van der Waals surface area (Å²) in [4.78, 5) is 11.1. The highest BCUT2D eigenvalue weighted by Gasteiger charge is 2.33. The van der Waals surface area contributed by atoms with Gasteiger partial charge < -0.3 is 24.1 Å². The van der Waals surface area contributed by atoms with Gasteiger partial charge in [0.2, 0.25) is 0 Å². The molecular weight excluding hydrogens is 510 g/mol. The largest absolute Gasteiger partial charge is 0.573 e. The van der Waals surface area contributed by atoms with Crippen molar-refractivity contribution in [3.05, 3.63) is 76.6 Å². The first-order valence-corrected chi connectivity index (χ1v) is 11.6. The molecule has 1 aliphatic carbocycles. The van der Waals surface area contributed by atoms with E-state index in [0.717, 1.165) is 17.7 Å². The topological polar surface area (TPSA) is 98.0 Å². The van der Waals surface area contributed by atoms with Gasteiger partial charge in [0.1, 0.15) is 46.7 Å². The zero-order valence-corrected chi connectivity index (χ0v) is 19.5. The molecule has 0 saturated heterocycles. The molecule has 1 heterocycles. The lowest BCUT2D eigenvalue weighted by Gasteiger charge is -2.18. The molecule has 2 aliphatic rings. The van der Waals surface area contributed by atoms with E-state index in [4.69, 9.17) is 19.3 Å². The second-order valence-corrected chi connectivity index (χ2v) is 8.81. The third kappa shape index (κ3) is 5.16. The normalized spacial score (nSPS) is 17.7. The number of ether oxygens (including phenoxy) is 4. The van der Waals surface area contributed by atoms with Crippen molar-refractivity contribution in [3.8, 4) is 34.8 Å². The van der Waals surface area contributed by atoms with Crippen LogP contribution in [0.4, 0.5) is 17.6 Å². The Labute approximate surface area is 213 Å². The fourth-order valence-corrected chi connectivity index (χ4v) is 4.73. The highest BCUT2D eigenvalue weighted by Crippen LogP contribution is 2.45. The van der Waals surface area contributed by atoms with Gasteiger partial charge in [-0.1, -0.05) is 6.07 Å². The Morgan fingerprint density at radius 1 is 1.11 bits per heavy atom. The summed E-state index contributed by atoms with van der Waals surface area (Å²) in [6.45, 7) is 0.251. The maximum atomic E-state index is 14.9. The zero-order chi connectivity index (χ0) is 27.0. The van der Waals surface area contributed by atoms with Gasteiger partial charge in [-0.25, -0.2) is 4.39 Å². The predicted octanol–water partition coefficient (Wildman–Crippen LogP) is 6.41. The van der Waals surface area contributed by atoms with E-state index in [2.05, 4.69) is 4.74 Å². The van der Waals surface area contributed by atoms with E-state index in [0.29, 0.717) is 29.9 Å². The van der Waals surface area contributed by atoms with E-state index >= 15 is 0 Å². The molecule has 0 fully saturated rings. The first-order chi connectivity index (χ1) is 18.1. The number of nitriles is 1. The second kappa shape index (κ2) is 9.78. The average Bonchev–Trinajstić information content (AvgIpc) is 3.45. The number of halogens is 4. The molecule has 0 amide bonds. The number of carboxylic acid groups (broad SMARTS) is 1. The van der Waals surface area contributed by atoms with Crippen LogP contribution >= 0.6 is 0 Å². The van der Waals surface area contributed by atoms with Gasteiger partial charge >= 0.3 is 12.3 Å². The fraction of sp³-hybridized carbons (Fsp3) is 0.259. The highest BCUT2D eigenvalue weighted by atomic mass is 19.4. The first-order valence-electron chi connectivity index (χ1n) is 11.6. The van der Waals surface area contributed by atoms with Gasteiger partial charge in [0.05, 0.1) is 18.6 Å². The van der Waals surface area contributed by atoms with Crippen LogP contribution in [0.25, 0.3) is 0 Å². The quantitative estimate of drug-likeness (QED) is 0.354. The SMILES string of the molecule is N#Cc1cc(OC(F)(F)F)ccc1Oc1ccc(F)c2c1CCC2Oc1ccc2c(c1)OCC2CC(=O)O. The maximum absolute atomic E-state index is 14.9. The fourth-order valence-electron chi connectivity index (χ4n) is 4.73. The highest BCUT2D eigenvalue weighted by molar-refractivity contribution is 5.69. The molecule has 38 heavy (non-hydrogen) atoms. The summed E-state index contributed by atoms with van der Waals surface area (Å²) in [6, 6.07) is 12.6. The molecule has 3 aromatic carbocycles. The molecule has 0 aromatic heterocycles. The lowest BCUT2D eigenvalue weighted by Crippen LogP contribution is -2.17. The standard InChI is InChI=1S/C27H19F4NO6/c28-20-5-8-22(37-21-6-2-17(9-14(21)12-32)38-27(29,30)31)19-4-7-23(26(19)20)36-16-1-3-18-15(10-25(33)34)13-35-24(18)11-16/h1-3,5-6,8-9,11,15,23H,4,7,10,13H2,(H,33,34). The number of carboxylic acids is 1. The summed E-state index contributed by atoms with van der Waals surface area (Å²) in [5, 5.41) is 18.5. The molecule has 1 aliphatic heterocycles. The van der Waals surface area contributed by atoms with Crippen molar-refractivity contribution in [3.63, 3.8) is 0 Å². The summed E-state index contributed by atoms with van der Waals surface area (Å²) in [6.07, 6.45) is -4.79.